The number of hydrogen-bond donors (Lipinski definition) is 2. The van der Waals surface area contributed by atoms with Gasteiger partial charge in [0.25, 0.3) is 0 Å². The molecule has 19 heavy (non-hydrogen) atoms. The monoisotopic (exact) mass is 263 g/mol. The fourth-order valence-corrected chi connectivity index (χ4v) is 1.87. The maximum atomic E-state index is 11.9. The van der Waals surface area contributed by atoms with Crippen LogP contribution in [0.2, 0.25) is 0 Å². The molecule has 0 bridgehead atoms. The maximum Gasteiger partial charge on any atom is 0.227 e. The maximum absolute atomic E-state index is 11.9. The number of nitrogens with one attached hydrogen (secondary N) is 2. The number of unbranched alkanes of at least 4 members (excludes halogenated alkanes) is 1. The number of carbonyl (C=O) groups excluding carboxylic acids is 1. The van der Waals surface area contributed by atoms with Crippen LogP contribution >= 0.6 is 0 Å². The molecule has 1 heterocycles. The van der Waals surface area contributed by atoms with Crippen LogP contribution in [0.5, 0.6) is 0 Å². The van der Waals surface area contributed by atoms with E-state index in [0.29, 0.717) is 0 Å². The second-order valence-corrected chi connectivity index (χ2v) is 4.72. The molecular formula is C15H25N3O. The number of rotatable bonds is 8. The largest absolute Gasteiger partial charge is 0.370 e. The third-order valence-electron chi connectivity index (χ3n) is 3.22. The van der Waals surface area contributed by atoms with E-state index in [1.165, 1.54) is 0 Å². The quantitative estimate of drug-likeness (QED) is 0.704. The first kappa shape index (κ1) is 15.5. The Morgan fingerprint density at radius 3 is 2.53 bits per heavy atom. The molecule has 2 N–H and O–H groups in total. The molecule has 0 atom stereocenters. The minimum Gasteiger partial charge on any atom is -0.370 e. The number of pyridine rings is 1. The molecule has 1 amide bonds. The number of amides is 1. The highest BCUT2D eigenvalue weighted by Crippen LogP contribution is 2.14. The third kappa shape index (κ3) is 5.28. The zero-order valence-corrected chi connectivity index (χ0v) is 12.2. The molecule has 106 valence electrons. The van der Waals surface area contributed by atoms with Gasteiger partial charge in [0.05, 0.1) is 11.9 Å². The smallest absolute Gasteiger partial charge is 0.227 e. The highest BCUT2D eigenvalue weighted by molar-refractivity contribution is 5.92. The zero-order valence-electron chi connectivity index (χ0n) is 12.2. The van der Waals surface area contributed by atoms with Gasteiger partial charge in [-0.3, -0.25) is 4.79 Å². The van der Waals surface area contributed by atoms with E-state index < -0.39 is 0 Å². The Morgan fingerprint density at radius 2 is 2.00 bits per heavy atom. The second-order valence-electron chi connectivity index (χ2n) is 4.72. The average molecular weight is 263 g/mol. The number of hydrogen-bond acceptors (Lipinski definition) is 3. The van der Waals surface area contributed by atoms with Crippen LogP contribution < -0.4 is 10.6 Å². The van der Waals surface area contributed by atoms with E-state index >= 15 is 0 Å². The topological polar surface area (TPSA) is 54.0 Å². The molecule has 0 saturated heterocycles. The average Bonchev–Trinajstić information content (AvgIpc) is 2.42. The second kappa shape index (κ2) is 8.51. The molecule has 1 aromatic rings. The molecule has 0 aromatic carbocycles. The van der Waals surface area contributed by atoms with Gasteiger partial charge in [-0.05, 0) is 31.4 Å². The number of carbonyl (C=O) groups is 1. The van der Waals surface area contributed by atoms with Crippen molar-refractivity contribution in [1.29, 1.82) is 0 Å². The summed E-state index contributed by atoms with van der Waals surface area (Å²) in [5, 5.41) is 6.16. The summed E-state index contributed by atoms with van der Waals surface area (Å²) in [6.07, 6.45) is 5.73. The van der Waals surface area contributed by atoms with Crippen molar-refractivity contribution in [2.24, 2.45) is 5.92 Å². The van der Waals surface area contributed by atoms with Crippen LogP contribution in [-0.2, 0) is 4.79 Å². The Morgan fingerprint density at radius 1 is 1.26 bits per heavy atom. The molecule has 0 spiro atoms. The lowest BCUT2D eigenvalue weighted by Crippen LogP contribution is -2.21. The van der Waals surface area contributed by atoms with E-state index in [1.807, 2.05) is 26.0 Å². The van der Waals surface area contributed by atoms with Crippen molar-refractivity contribution in [2.45, 2.75) is 46.5 Å². The van der Waals surface area contributed by atoms with Crippen molar-refractivity contribution >= 4 is 17.4 Å². The highest BCUT2D eigenvalue weighted by Gasteiger charge is 2.13. The Labute approximate surface area is 116 Å². The van der Waals surface area contributed by atoms with Crippen LogP contribution in [0.1, 0.15) is 46.5 Å². The van der Waals surface area contributed by atoms with Crippen LogP contribution in [0.25, 0.3) is 0 Å². The summed E-state index contributed by atoms with van der Waals surface area (Å²) in [5.74, 6) is 1.02. The molecule has 1 rings (SSSR count). The molecule has 0 radical (unpaired) electrons. The number of aromatic nitrogens is 1. The van der Waals surface area contributed by atoms with Gasteiger partial charge in [-0.15, -0.1) is 0 Å². The van der Waals surface area contributed by atoms with Gasteiger partial charge in [-0.25, -0.2) is 4.98 Å². The summed E-state index contributed by atoms with van der Waals surface area (Å²) in [4.78, 5) is 16.2. The molecule has 0 aliphatic carbocycles. The van der Waals surface area contributed by atoms with Gasteiger partial charge in [0.15, 0.2) is 0 Å². The summed E-state index contributed by atoms with van der Waals surface area (Å²) in [6.45, 7) is 7.16. The minimum atomic E-state index is 0.0819. The van der Waals surface area contributed by atoms with Gasteiger partial charge in [0, 0.05) is 12.5 Å². The predicted molar refractivity (Wildman–Crippen MR) is 80.3 cm³/mol. The van der Waals surface area contributed by atoms with Gasteiger partial charge < -0.3 is 10.6 Å². The van der Waals surface area contributed by atoms with Gasteiger partial charge in [0.2, 0.25) is 5.91 Å². The van der Waals surface area contributed by atoms with Crippen LogP contribution in [0, 0.1) is 5.92 Å². The summed E-state index contributed by atoms with van der Waals surface area (Å²) in [7, 11) is 0. The van der Waals surface area contributed by atoms with Gasteiger partial charge >= 0.3 is 0 Å². The fourth-order valence-electron chi connectivity index (χ4n) is 1.87. The lowest BCUT2D eigenvalue weighted by atomic mass is 10.0. The van der Waals surface area contributed by atoms with E-state index in [-0.39, 0.29) is 11.8 Å². The van der Waals surface area contributed by atoms with Crippen molar-refractivity contribution < 1.29 is 4.79 Å². The molecular weight excluding hydrogens is 238 g/mol. The van der Waals surface area contributed by atoms with E-state index in [9.17, 15) is 4.79 Å². The standard InChI is InChI=1S/C15H25N3O/c1-4-7-10-16-14-9-8-13(11-17-14)18-15(19)12(5-2)6-3/h8-9,11-12H,4-7,10H2,1-3H3,(H,16,17)(H,18,19). The summed E-state index contributed by atoms with van der Waals surface area (Å²) in [5.41, 5.74) is 0.762. The lowest BCUT2D eigenvalue weighted by Gasteiger charge is -2.12. The van der Waals surface area contributed by atoms with Crippen LogP contribution in [0.15, 0.2) is 18.3 Å². The first-order valence-electron chi connectivity index (χ1n) is 7.22. The van der Waals surface area contributed by atoms with Gasteiger partial charge in [0.1, 0.15) is 5.82 Å². The van der Waals surface area contributed by atoms with Crippen molar-refractivity contribution in [1.82, 2.24) is 4.98 Å². The van der Waals surface area contributed by atoms with Crippen LogP contribution in [0.3, 0.4) is 0 Å². The molecule has 0 unspecified atom stereocenters. The van der Waals surface area contributed by atoms with E-state index in [0.717, 1.165) is 43.7 Å². The van der Waals surface area contributed by atoms with Crippen molar-refractivity contribution in [3.05, 3.63) is 18.3 Å². The van der Waals surface area contributed by atoms with E-state index in [4.69, 9.17) is 0 Å². The fraction of sp³-hybridized carbons (Fsp3) is 0.600. The van der Waals surface area contributed by atoms with Crippen molar-refractivity contribution in [3.8, 4) is 0 Å². The Bertz CT molecular complexity index is 371. The van der Waals surface area contributed by atoms with E-state index in [1.54, 1.807) is 6.20 Å². The lowest BCUT2D eigenvalue weighted by molar-refractivity contribution is -0.120. The molecule has 1 aromatic heterocycles. The van der Waals surface area contributed by atoms with Crippen molar-refractivity contribution in [3.63, 3.8) is 0 Å². The highest BCUT2D eigenvalue weighted by atomic mass is 16.1. The minimum absolute atomic E-state index is 0.0819. The van der Waals surface area contributed by atoms with Crippen LogP contribution in [-0.4, -0.2) is 17.4 Å². The predicted octanol–water partition coefficient (Wildman–Crippen LogP) is 3.67. The molecule has 0 aliphatic rings. The van der Waals surface area contributed by atoms with Gasteiger partial charge in [-0.1, -0.05) is 27.2 Å². The Hall–Kier alpha value is -1.58. The molecule has 0 fully saturated rings. The first-order valence-corrected chi connectivity index (χ1v) is 7.22. The molecule has 4 heteroatoms. The van der Waals surface area contributed by atoms with E-state index in [2.05, 4.69) is 22.5 Å². The van der Waals surface area contributed by atoms with Gasteiger partial charge in [-0.2, -0.15) is 0 Å². The summed E-state index contributed by atoms with van der Waals surface area (Å²) >= 11 is 0. The number of nitrogens with zero attached hydrogens (tertiary/aromatic N) is 1. The normalized spacial score (nSPS) is 10.5. The number of anilines is 2. The SMILES string of the molecule is CCCCNc1ccc(NC(=O)C(CC)CC)cn1. The van der Waals surface area contributed by atoms with Crippen molar-refractivity contribution in [2.75, 3.05) is 17.2 Å². The zero-order chi connectivity index (χ0) is 14.1. The third-order valence-corrected chi connectivity index (χ3v) is 3.22. The molecule has 4 nitrogen and oxygen atoms in total. The first-order chi connectivity index (χ1) is 9.21. The summed E-state index contributed by atoms with van der Waals surface area (Å²) < 4.78 is 0. The summed E-state index contributed by atoms with van der Waals surface area (Å²) in [6, 6.07) is 3.79. The van der Waals surface area contributed by atoms with Crippen LogP contribution in [0.4, 0.5) is 11.5 Å². The Kier molecular flexibility index (Phi) is 6.93. The Balaban J connectivity index is 2.49. The molecule has 0 saturated carbocycles. The molecule has 0 aliphatic heterocycles.